The van der Waals surface area contributed by atoms with Gasteiger partial charge in [-0.15, -0.1) is 0 Å². The molecule has 0 saturated carbocycles. The van der Waals surface area contributed by atoms with Crippen LogP contribution in [-0.4, -0.2) is 65.9 Å². The Morgan fingerprint density at radius 2 is 1.73 bits per heavy atom. The maximum Gasteiger partial charge on any atom is 0.424 e. The average molecular weight is 582 g/mol. The zero-order chi connectivity index (χ0) is 30.4. The van der Waals surface area contributed by atoms with Crippen molar-refractivity contribution >= 4 is 5.91 Å². The topological polar surface area (TPSA) is 147 Å². The number of carbonyl (C=O) groups excluding carboxylic acids is 1. The van der Waals surface area contributed by atoms with Crippen molar-refractivity contribution in [1.29, 1.82) is 0 Å². The smallest absolute Gasteiger partial charge is 0.424 e. The van der Waals surface area contributed by atoms with E-state index in [1.54, 1.807) is 0 Å². The Morgan fingerprint density at radius 1 is 1.05 bits per heavy atom. The molecule has 0 aliphatic carbocycles. The molecule has 1 amide bonds. The van der Waals surface area contributed by atoms with E-state index >= 15 is 0 Å². The molecule has 1 heterocycles. The number of alkyl halides is 3. The lowest BCUT2D eigenvalue weighted by molar-refractivity contribution is -0.265. The standard InChI is InChI=1S/C28H31F4N3O6/c1-26(33,16-37)19-13-21(17-4-7-20(29)8-5-17)35-24(14-19)27(39,28(30,31)32)15-34-25(38)18-6-9-22(23(12-18)40-2)41-11-3-10-36/h4-9,12-14,36-37,39H,3,10-11,15-16,33H2,1-2H3,(H,34,38). The number of hydrogen-bond donors (Lipinski definition) is 5. The van der Waals surface area contributed by atoms with Crippen molar-refractivity contribution in [2.24, 2.45) is 5.73 Å². The van der Waals surface area contributed by atoms with Crippen LogP contribution in [0.1, 0.15) is 35.0 Å². The Morgan fingerprint density at radius 3 is 2.32 bits per heavy atom. The monoisotopic (exact) mass is 581 g/mol. The Balaban J connectivity index is 1.99. The Labute approximate surface area is 233 Å². The van der Waals surface area contributed by atoms with E-state index in [0.29, 0.717) is 6.42 Å². The van der Waals surface area contributed by atoms with Crippen LogP contribution in [0.15, 0.2) is 54.6 Å². The van der Waals surface area contributed by atoms with Crippen molar-refractivity contribution < 1.29 is 47.1 Å². The molecule has 0 radical (unpaired) electrons. The summed E-state index contributed by atoms with van der Waals surface area (Å²) < 4.78 is 67.4. The van der Waals surface area contributed by atoms with Gasteiger partial charge in [0.05, 0.1) is 43.8 Å². The number of halogens is 4. The van der Waals surface area contributed by atoms with E-state index in [-0.39, 0.29) is 47.1 Å². The quantitative estimate of drug-likeness (QED) is 0.162. The lowest BCUT2D eigenvalue weighted by atomic mass is 9.88. The highest BCUT2D eigenvalue weighted by Crippen LogP contribution is 2.40. The lowest BCUT2D eigenvalue weighted by Crippen LogP contribution is -2.52. The van der Waals surface area contributed by atoms with Gasteiger partial charge in [0.1, 0.15) is 5.82 Å². The number of rotatable bonds is 12. The summed E-state index contributed by atoms with van der Waals surface area (Å²) >= 11 is 0. The van der Waals surface area contributed by atoms with Crippen LogP contribution in [0.2, 0.25) is 0 Å². The number of aliphatic hydroxyl groups excluding tert-OH is 2. The van der Waals surface area contributed by atoms with Crippen LogP contribution in [0.4, 0.5) is 17.6 Å². The lowest BCUT2D eigenvalue weighted by Gasteiger charge is -2.32. The second kappa shape index (κ2) is 12.8. The van der Waals surface area contributed by atoms with Crippen molar-refractivity contribution in [3.05, 3.63) is 77.2 Å². The van der Waals surface area contributed by atoms with E-state index in [0.717, 1.165) is 18.2 Å². The van der Waals surface area contributed by atoms with Crippen LogP contribution >= 0.6 is 0 Å². The number of nitrogens with zero attached hydrogens (tertiary/aromatic N) is 1. The molecule has 3 aromatic rings. The first kappa shape index (κ1) is 31.7. The van der Waals surface area contributed by atoms with Crippen molar-refractivity contribution in [3.8, 4) is 22.8 Å². The van der Waals surface area contributed by atoms with Gasteiger partial charge < -0.3 is 35.8 Å². The van der Waals surface area contributed by atoms with Gasteiger partial charge in [-0.25, -0.2) is 9.37 Å². The Bertz CT molecular complexity index is 1350. The van der Waals surface area contributed by atoms with E-state index in [2.05, 4.69) is 10.3 Å². The van der Waals surface area contributed by atoms with Crippen LogP contribution in [0, 0.1) is 5.82 Å². The minimum Gasteiger partial charge on any atom is -0.493 e. The number of benzene rings is 2. The molecule has 0 aliphatic heterocycles. The molecule has 41 heavy (non-hydrogen) atoms. The molecule has 2 unspecified atom stereocenters. The van der Waals surface area contributed by atoms with Gasteiger partial charge in [0.25, 0.3) is 5.91 Å². The molecule has 0 aliphatic rings. The van der Waals surface area contributed by atoms with Gasteiger partial charge in [0.15, 0.2) is 11.5 Å². The fourth-order valence-electron chi connectivity index (χ4n) is 3.75. The van der Waals surface area contributed by atoms with Crippen LogP contribution in [0.3, 0.4) is 0 Å². The second-order valence-corrected chi connectivity index (χ2v) is 9.54. The van der Waals surface area contributed by atoms with E-state index in [1.807, 2.05) is 0 Å². The third kappa shape index (κ3) is 7.30. The summed E-state index contributed by atoms with van der Waals surface area (Å²) in [6.07, 6.45) is -4.97. The van der Waals surface area contributed by atoms with Gasteiger partial charge in [-0.2, -0.15) is 13.2 Å². The number of methoxy groups -OCH3 is 1. The number of aromatic nitrogens is 1. The number of pyridine rings is 1. The van der Waals surface area contributed by atoms with Crippen LogP contribution < -0.4 is 20.5 Å². The molecular formula is C28H31F4N3O6. The number of amides is 1. The second-order valence-electron chi connectivity index (χ2n) is 9.54. The summed E-state index contributed by atoms with van der Waals surface area (Å²) in [4.78, 5) is 16.9. The van der Waals surface area contributed by atoms with Gasteiger partial charge in [-0.3, -0.25) is 4.79 Å². The van der Waals surface area contributed by atoms with Crippen molar-refractivity contribution in [1.82, 2.24) is 10.3 Å². The average Bonchev–Trinajstić information content (AvgIpc) is 2.95. The first-order valence-corrected chi connectivity index (χ1v) is 12.4. The summed E-state index contributed by atoms with van der Waals surface area (Å²) in [5, 5.41) is 31.8. The molecule has 0 fully saturated rings. The van der Waals surface area contributed by atoms with E-state index < -0.39 is 47.9 Å². The molecule has 6 N–H and O–H groups in total. The predicted molar refractivity (Wildman–Crippen MR) is 141 cm³/mol. The largest absolute Gasteiger partial charge is 0.493 e. The van der Waals surface area contributed by atoms with Gasteiger partial charge >= 0.3 is 6.18 Å². The Hall–Kier alpha value is -3.78. The first-order valence-electron chi connectivity index (χ1n) is 12.4. The fourth-order valence-corrected chi connectivity index (χ4v) is 3.75. The highest BCUT2D eigenvalue weighted by atomic mass is 19.4. The molecular weight excluding hydrogens is 550 g/mol. The zero-order valence-electron chi connectivity index (χ0n) is 22.3. The Kier molecular flexibility index (Phi) is 9.92. The molecule has 13 heteroatoms. The van der Waals surface area contributed by atoms with E-state index in [4.69, 9.17) is 20.3 Å². The molecule has 222 valence electrons. The number of nitrogens with one attached hydrogen (secondary N) is 1. The number of hydrogen-bond acceptors (Lipinski definition) is 8. The van der Waals surface area contributed by atoms with Crippen molar-refractivity contribution in [2.75, 3.05) is 33.5 Å². The molecule has 0 spiro atoms. The molecule has 1 aromatic heterocycles. The molecule has 0 bridgehead atoms. The summed E-state index contributed by atoms with van der Waals surface area (Å²) in [5.41, 5.74) is 0.0878. The zero-order valence-corrected chi connectivity index (χ0v) is 22.3. The van der Waals surface area contributed by atoms with E-state index in [1.165, 1.54) is 50.4 Å². The normalized spacial score (nSPS) is 14.6. The summed E-state index contributed by atoms with van der Waals surface area (Å²) in [7, 11) is 1.31. The summed E-state index contributed by atoms with van der Waals surface area (Å²) in [5.74, 6) is -1.15. The number of nitrogens with two attached hydrogens (primary N) is 1. The maximum atomic E-state index is 14.4. The molecule has 9 nitrogen and oxygen atoms in total. The number of carbonyl (C=O) groups is 1. The van der Waals surface area contributed by atoms with Gasteiger partial charge in [-0.1, -0.05) is 0 Å². The third-order valence-corrected chi connectivity index (χ3v) is 6.34. The van der Waals surface area contributed by atoms with Gasteiger partial charge in [0.2, 0.25) is 5.60 Å². The highest BCUT2D eigenvalue weighted by Gasteiger charge is 2.56. The first-order chi connectivity index (χ1) is 19.3. The minimum atomic E-state index is -5.32. The van der Waals surface area contributed by atoms with Crippen LogP contribution in [0.5, 0.6) is 11.5 Å². The third-order valence-electron chi connectivity index (χ3n) is 6.34. The summed E-state index contributed by atoms with van der Waals surface area (Å²) in [6.45, 7) is -0.534. The van der Waals surface area contributed by atoms with Crippen molar-refractivity contribution in [3.63, 3.8) is 0 Å². The number of ether oxygens (including phenoxy) is 2. The van der Waals surface area contributed by atoms with Crippen LogP contribution in [-0.2, 0) is 11.1 Å². The van der Waals surface area contributed by atoms with Crippen LogP contribution in [0.25, 0.3) is 11.3 Å². The van der Waals surface area contributed by atoms with Crippen molar-refractivity contribution in [2.45, 2.75) is 30.7 Å². The molecule has 0 saturated heterocycles. The predicted octanol–water partition coefficient (Wildman–Crippen LogP) is 3.00. The summed E-state index contributed by atoms with van der Waals surface area (Å²) in [6, 6.07) is 10.9. The van der Waals surface area contributed by atoms with E-state index in [9.17, 15) is 32.6 Å². The molecule has 2 atom stereocenters. The molecule has 3 rings (SSSR count). The number of aliphatic hydroxyl groups is 3. The fraction of sp³-hybridized carbons (Fsp3) is 0.357. The SMILES string of the molecule is COc1cc(C(=O)NCC(O)(c2cc(C(C)(N)CO)cc(-c3ccc(F)cc3)n2)C(F)(F)F)ccc1OCCCO. The molecule has 2 aromatic carbocycles. The van der Waals surface area contributed by atoms with Gasteiger partial charge in [-0.05, 0) is 67.1 Å². The maximum absolute atomic E-state index is 14.4. The highest BCUT2D eigenvalue weighted by molar-refractivity contribution is 5.95. The minimum absolute atomic E-state index is 0.0137. The van der Waals surface area contributed by atoms with Gasteiger partial charge in [0, 0.05) is 24.2 Å².